The summed E-state index contributed by atoms with van der Waals surface area (Å²) in [4.78, 5) is 13.4. The second-order valence-corrected chi connectivity index (χ2v) is 5.99. The lowest BCUT2D eigenvalue weighted by molar-refractivity contribution is 0.00503. The smallest absolute Gasteiger partial charge is 0.410 e. The van der Waals surface area contributed by atoms with Gasteiger partial charge in [-0.25, -0.2) is 4.79 Å². The van der Waals surface area contributed by atoms with Crippen LogP contribution in [0.5, 0.6) is 0 Å². The van der Waals surface area contributed by atoms with Crippen LogP contribution in [0.2, 0.25) is 0 Å². The normalized spacial score (nSPS) is 16.1. The van der Waals surface area contributed by atoms with E-state index in [1.165, 1.54) is 0 Å². The van der Waals surface area contributed by atoms with Gasteiger partial charge in [-0.05, 0) is 32.9 Å². The van der Waals surface area contributed by atoms with Gasteiger partial charge in [0.15, 0.2) is 0 Å². The first-order valence-corrected chi connectivity index (χ1v) is 6.77. The third-order valence-corrected chi connectivity index (χ3v) is 2.97. The van der Waals surface area contributed by atoms with E-state index < -0.39 is 5.60 Å². The van der Waals surface area contributed by atoms with Crippen LogP contribution in [0.1, 0.15) is 32.3 Å². The van der Waals surface area contributed by atoms with Crippen LogP contribution in [-0.4, -0.2) is 40.8 Å². The molecule has 0 bridgehead atoms. The zero-order valence-electron chi connectivity index (χ0n) is 12.2. The van der Waals surface area contributed by atoms with Crippen LogP contribution in [0.3, 0.4) is 0 Å². The molecule has 2 heterocycles. The number of amides is 1. The molecule has 2 rings (SSSR count). The number of carbonyl (C=O) groups is 1. The first-order chi connectivity index (χ1) is 9.37. The molecule has 6 nitrogen and oxygen atoms in total. The number of rotatable bonds is 4. The highest BCUT2D eigenvalue weighted by Crippen LogP contribution is 2.16. The van der Waals surface area contributed by atoms with Crippen LogP contribution in [-0.2, 0) is 17.9 Å². The molecule has 1 amide bonds. The highest BCUT2D eigenvalue weighted by Gasteiger charge is 2.33. The Bertz CT molecular complexity index is 458. The van der Waals surface area contributed by atoms with E-state index in [1.54, 1.807) is 11.0 Å². The summed E-state index contributed by atoms with van der Waals surface area (Å²) in [6.45, 7) is 7.36. The van der Waals surface area contributed by atoms with Crippen molar-refractivity contribution in [3.8, 4) is 0 Å². The third-order valence-electron chi connectivity index (χ3n) is 2.97. The molecule has 2 N–H and O–H groups in total. The zero-order valence-corrected chi connectivity index (χ0v) is 12.2. The number of furan rings is 1. The maximum atomic E-state index is 11.7. The maximum absolute atomic E-state index is 11.7. The Kier molecular flexibility index (Phi) is 4.35. The molecule has 1 aliphatic rings. The minimum Gasteiger partial charge on any atom is -0.462 e. The van der Waals surface area contributed by atoms with E-state index in [4.69, 9.17) is 14.3 Å². The van der Waals surface area contributed by atoms with Gasteiger partial charge in [0.05, 0.1) is 6.54 Å². The predicted octanol–water partition coefficient (Wildman–Crippen LogP) is 1.48. The lowest BCUT2D eigenvalue weighted by atomic mass is 10.1. The Labute approximate surface area is 118 Å². The van der Waals surface area contributed by atoms with Crippen molar-refractivity contribution in [2.24, 2.45) is 0 Å². The van der Waals surface area contributed by atoms with E-state index in [1.807, 2.05) is 26.8 Å². The largest absolute Gasteiger partial charge is 0.462 e. The molecular weight excluding hydrogens is 260 g/mol. The van der Waals surface area contributed by atoms with Crippen molar-refractivity contribution >= 4 is 6.09 Å². The van der Waals surface area contributed by atoms with Crippen LogP contribution in [0, 0.1) is 0 Å². The van der Waals surface area contributed by atoms with Crippen LogP contribution < -0.4 is 5.32 Å². The molecular formula is C14H22N2O4. The molecule has 0 unspecified atom stereocenters. The summed E-state index contributed by atoms with van der Waals surface area (Å²) >= 11 is 0. The number of hydrogen-bond donors (Lipinski definition) is 2. The summed E-state index contributed by atoms with van der Waals surface area (Å²) in [5, 5.41) is 12.2. The number of carbonyl (C=O) groups excluding carboxylic acids is 1. The van der Waals surface area contributed by atoms with Crippen molar-refractivity contribution in [2.75, 3.05) is 13.1 Å². The fourth-order valence-corrected chi connectivity index (χ4v) is 1.93. The van der Waals surface area contributed by atoms with Gasteiger partial charge in [-0.15, -0.1) is 0 Å². The van der Waals surface area contributed by atoms with E-state index in [0.29, 0.717) is 25.4 Å². The van der Waals surface area contributed by atoms with Crippen molar-refractivity contribution in [1.82, 2.24) is 10.2 Å². The Balaban J connectivity index is 1.68. The lowest BCUT2D eigenvalue weighted by Gasteiger charge is -2.40. The number of nitrogens with one attached hydrogen (secondary N) is 1. The summed E-state index contributed by atoms with van der Waals surface area (Å²) in [5.74, 6) is 1.34. The molecule has 0 aliphatic carbocycles. The van der Waals surface area contributed by atoms with Crippen molar-refractivity contribution in [2.45, 2.75) is 45.6 Å². The van der Waals surface area contributed by atoms with Gasteiger partial charge < -0.3 is 24.5 Å². The van der Waals surface area contributed by atoms with E-state index in [9.17, 15) is 4.79 Å². The van der Waals surface area contributed by atoms with Crippen molar-refractivity contribution < 1.29 is 19.1 Å². The summed E-state index contributed by atoms with van der Waals surface area (Å²) in [6, 6.07) is 3.85. The number of hydrogen-bond acceptors (Lipinski definition) is 5. The number of nitrogens with zero attached hydrogens (tertiary/aromatic N) is 1. The first-order valence-electron chi connectivity index (χ1n) is 6.77. The van der Waals surface area contributed by atoms with Gasteiger partial charge in [-0.3, -0.25) is 0 Å². The summed E-state index contributed by atoms with van der Waals surface area (Å²) in [6.07, 6.45) is -0.267. The molecule has 0 aromatic carbocycles. The molecule has 0 radical (unpaired) electrons. The fraction of sp³-hybridized carbons (Fsp3) is 0.643. The maximum Gasteiger partial charge on any atom is 0.410 e. The second kappa shape index (κ2) is 5.85. The SMILES string of the molecule is CC(C)(C)OC(=O)N1CC(NCc2ccc(CO)o2)C1. The Morgan fingerprint density at radius 3 is 2.65 bits per heavy atom. The zero-order chi connectivity index (χ0) is 14.8. The molecule has 1 aromatic heterocycles. The van der Waals surface area contributed by atoms with E-state index >= 15 is 0 Å². The third kappa shape index (κ3) is 3.98. The fourth-order valence-electron chi connectivity index (χ4n) is 1.93. The average Bonchev–Trinajstić information content (AvgIpc) is 2.72. The van der Waals surface area contributed by atoms with E-state index in [0.717, 1.165) is 5.76 Å². The molecule has 6 heteroatoms. The molecule has 0 saturated carbocycles. The van der Waals surface area contributed by atoms with Gasteiger partial charge in [0.1, 0.15) is 23.7 Å². The van der Waals surface area contributed by atoms with Crippen LogP contribution in [0.25, 0.3) is 0 Å². The Hall–Kier alpha value is -1.53. The predicted molar refractivity (Wildman–Crippen MR) is 73.1 cm³/mol. The minimum atomic E-state index is -0.454. The number of ether oxygens (including phenoxy) is 1. The number of aliphatic hydroxyl groups excluding tert-OH is 1. The van der Waals surface area contributed by atoms with E-state index in [-0.39, 0.29) is 18.7 Å². The quantitative estimate of drug-likeness (QED) is 0.875. The highest BCUT2D eigenvalue weighted by atomic mass is 16.6. The van der Waals surface area contributed by atoms with Gasteiger partial charge in [0, 0.05) is 19.1 Å². The van der Waals surface area contributed by atoms with Crippen LogP contribution >= 0.6 is 0 Å². The van der Waals surface area contributed by atoms with Gasteiger partial charge >= 0.3 is 6.09 Å². The Morgan fingerprint density at radius 1 is 1.45 bits per heavy atom. The molecule has 0 spiro atoms. The van der Waals surface area contributed by atoms with Gasteiger partial charge in [0.25, 0.3) is 0 Å². The van der Waals surface area contributed by atoms with Gasteiger partial charge in [-0.2, -0.15) is 0 Å². The Morgan fingerprint density at radius 2 is 2.10 bits per heavy atom. The average molecular weight is 282 g/mol. The van der Waals surface area contributed by atoms with Crippen molar-refractivity contribution in [3.05, 3.63) is 23.7 Å². The lowest BCUT2D eigenvalue weighted by Crippen LogP contribution is -2.60. The van der Waals surface area contributed by atoms with Crippen molar-refractivity contribution in [1.29, 1.82) is 0 Å². The molecule has 1 aromatic rings. The molecule has 0 atom stereocenters. The molecule has 1 saturated heterocycles. The monoisotopic (exact) mass is 282 g/mol. The minimum absolute atomic E-state index is 0.0875. The first kappa shape index (κ1) is 14.9. The van der Waals surface area contributed by atoms with Crippen LogP contribution in [0.15, 0.2) is 16.5 Å². The highest BCUT2D eigenvalue weighted by molar-refractivity contribution is 5.69. The number of likely N-dealkylation sites (tertiary alicyclic amines) is 1. The molecule has 20 heavy (non-hydrogen) atoms. The van der Waals surface area contributed by atoms with Gasteiger partial charge in [0.2, 0.25) is 0 Å². The molecule has 112 valence electrons. The van der Waals surface area contributed by atoms with Crippen LogP contribution in [0.4, 0.5) is 4.79 Å². The summed E-state index contributed by atoms with van der Waals surface area (Å²) < 4.78 is 10.7. The van der Waals surface area contributed by atoms with Gasteiger partial charge in [-0.1, -0.05) is 0 Å². The standard InChI is InChI=1S/C14H22N2O4/c1-14(2,3)20-13(18)16-7-10(8-16)15-6-11-4-5-12(9-17)19-11/h4-5,10,15,17H,6-9H2,1-3H3. The number of aliphatic hydroxyl groups is 1. The van der Waals surface area contributed by atoms with E-state index in [2.05, 4.69) is 5.32 Å². The topological polar surface area (TPSA) is 74.9 Å². The summed E-state index contributed by atoms with van der Waals surface area (Å²) in [7, 11) is 0. The molecule has 1 fully saturated rings. The molecule has 1 aliphatic heterocycles. The summed E-state index contributed by atoms with van der Waals surface area (Å²) in [5.41, 5.74) is -0.454. The second-order valence-electron chi connectivity index (χ2n) is 5.99. The van der Waals surface area contributed by atoms with Crippen molar-refractivity contribution in [3.63, 3.8) is 0 Å².